The van der Waals surface area contributed by atoms with E-state index in [4.69, 9.17) is 5.73 Å². The van der Waals surface area contributed by atoms with Gasteiger partial charge in [-0.25, -0.2) is 8.78 Å². The van der Waals surface area contributed by atoms with E-state index in [0.29, 0.717) is 10.5 Å². The third-order valence-corrected chi connectivity index (χ3v) is 3.83. The average molecular weight is 267 g/mol. The molecule has 0 spiro atoms. The number of anilines is 1. The largest absolute Gasteiger partial charge is 0.396 e. The smallest absolute Gasteiger partial charge is 0.146 e. The molecule has 0 heterocycles. The van der Waals surface area contributed by atoms with Gasteiger partial charge in [0, 0.05) is 4.90 Å². The summed E-state index contributed by atoms with van der Waals surface area (Å²) in [5.41, 5.74) is 6.00. The Morgan fingerprint density at radius 2 is 1.72 bits per heavy atom. The fraction of sp³-hybridized carbons (Fsp3) is 0.0769. The third kappa shape index (κ3) is 2.92. The molecule has 2 aromatic rings. The number of nitrogens with two attached hydrogens (primary N) is 1. The van der Waals surface area contributed by atoms with Gasteiger partial charge in [0.1, 0.15) is 11.6 Å². The molecule has 0 radical (unpaired) electrons. The summed E-state index contributed by atoms with van der Waals surface area (Å²) in [6.07, 6.45) is 0. The highest BCUT2D eigenvalue weighted by molar-refractivity contribution is 7.84. The van der Waals surface area contributed by atoms with Crippen molar-refractivity contribution in [3.8, 4) is 0 Å². The monoisotopic (exact) mass is 267 g/mol. The van der Waals surface area contributed by atoms with Crippen molar-refractivity contribution in [1.29, 1.82) is 0 Å². The van der Waals surface area contributed by atoms with Gasteiger partial charge in [0.25, 0.3) is 0 Å². The van der Waals surface area contributed by atoms with Gasteiger partial charge in [-0.05, 0) is 42.0 Å². The minimum atomic E-state index is -1.33. The van der Waals surface area contributed by atoms with Crippen molar-refractivity contribution in [2.24, 2.45) is 0 Å². The molecule has 1 unspecified atom stereocenters. The fourth-order valence-electron chi connectivity index (χ4n) is 1.48. The van der Waals surface area contributed by atoms with Crippen LogP contribution in [-0.4, -0.2) is 4.21 Å². The van der Waals surface area contributed by atoms with Crippen molar-refractivity contribution in [3.63, 3.8) is 0 Å². The second-order valence-corrected chi connectivity index (χ2v) is 5.25. The van der Waals surface area contributed by atoms with Gasteiger partial charge in [0.15, 0.2) is 0 Å². The standard InChI is InChI=1S/C13H11F2NOS/c14-10-2-4-11(5-3-10)18(17)8-9-1-6-13(16)12(15)7-9/h1-7H,8,16H2. The van der Waals surface area contributed by atoms with Crippen molar-refractivity contribution in [3.05, 3.63) is 59.7 Å². The van der Waals surface area contributed by atoms with Crippen LogP contribution in [0, 0.1) is 11.6 Å². The molecule has 2 aromatic carbocycles. The topological polar surface area (TPSA) is 43.1 Å². The van der Waals surface area contributed by atoms with Gasteiger partial charge in [0.05, 0.1) is 22.2 Å². The number of nitrogen functional groups attached to an aromatic ring is 1. The first-order valence-electron chi connectivity index (χ1n) is 5.24. The lowest BCUT2D eigenvalue weighted by Crippen LogP contribution is -1.98. The van der Waals surface area contributed by atoms with Gasteiger partial charge in [-0.1, -0.05) is 6.07 Å². The van der Waals surface area contributed by atoms with E-state index in [0.717, 1.165) is 0 Å². The molecular formula is C13H11F2NOS. The molecule has 0 aliphatic carbocycles. The molecule has 2 N–H and O–H groups in total. The summed E-state index contributed by atoms with van der Waals surface area (Å²) in [5, 5.41) is 0. The molecule has 94 valence electrons. The number of rotatable bonds is 3. The van der Waals surface area contributed by atoms with Crippen molar-refractivity contribution >= 4 is 16.5 Å². The summed E-state index contributed by atoms with van der Waals surface area (Å²) < 4.78 is 37.9. The third-order valence-electron chi connectivity index (χ3n) is 2.44. The van der Waals surface area contributed by atoms with Crippen LogP contribution >= 0.6 is 0 Å². The first-order chi connectivity index (χ1) is 8.56. The summed E-state index contributed by atoms with van der Waals surface area (Å²) >= 11 is 0. The Kier molecular flexibility index (Phi) is 3.72. The molecule has 0 saturated carbocycles. The molecule has 0 aliphatic rings. The zero-order chi connectivity index (χ0) is 13.1. The Hall–Kier alpha value is -1.75. The van der Waals surface area contributed by atoms with E-state index in [2.05, 4.69) is 0 Å². The molecule has 0 amide bonds. The lowest BCUT2D eigenvalue weighted by Gasteiger charge is -2.04. The summed E-state index contributed by atoms with van der Waals surface area (Å²) in [7, 11) is -1.33. The molecule has 0 aliphatic heterocycles. The second-order valence-electron chi connectivity index (χ2n) is 3.80. The lowest BCUT2D eigenvalue weighted by atomic mass is 10.2. The zero-order valence-corrected chi connectivity index (χ0v) is 10.2. The highest BCUT2D eigenvalue weighted by Gasteiger charge is 2.07. The fourth-order valence-corrected chi connectivity index (χ4v) is 2.57. The molecule has 1 atom stereocenters. The Labute approximate surface area is 106 Å². The van der Waals surface area contributed by atoms with Gasteiger partial charge in [-0.3, -0.25) is 4.21 Å². The van der Waals surface area contributed by atoms with E-state index < -0.39 is 16.6 Å². The molecule has 0 fully saturated rings. The molecule has 0 bridgehead atoms. The van der Waals surface area contributed by atoms with E-state index in [1.54, 1.807) is 6.07 Å². The Morgan fingerprint density at radius 3 is 2.33 bits per heavy atom. The molecule has 2 nitrogen and oxygen atoms in total. The molecular weight excluding hydrogens is 256 g/mol. The molecule has 0 aromatic heterocycles. The maximum absolute atomic E-state index is 13.2. The van der Waals surface area contributed by atoms with E-state index in [1.807, 2.05) is 0 Å². The van der Waals surface area contributed by atoms with E-state index in [9.17, 15) is 13.0 Å². The van der Waals surface area contributed by atoms with E-state index in [1.165, 1.54) is 36.4 Å². The zero-order valence-electron chi connectivity index (χ0n) is 9.40. The quantitative estimate of drug-likeness (QED) is 0.869. The van der Waals surface area contributed by atoms with Crippen molar-refractivity contribution < 1.29 is 13.0 Å². The number of benzene rings is 2. The lowest BCUT2D eigenvalue weighted by molar-refractivity contribution is 0.626. The van der Waals surface area contributed by atoms with Crippen molar-refractivity contribution in [1.82, 2.24) is 0 Å². The molecule has 0 saturated heterocycles. The van der Waals surface area contributed by atoms with Crippen LogP contribution in [0.5, 0.6) is 0 Å². The SMILES string of the molecule is Nc1ccc(CS(=O)c2ccc(F)cc2)cc1F. The van der Waals surface area contributed by atoms with E-state index >= 15 is 0 Å². The van der Waals surface area contributed by atoms with Gasteiger partial charge < -0.3 is 5.73 Å². The van der Waals surface area contributed by atoms with Crippen molar-refractivity contribution in [2.75, 3.05) is 5.73 Å². The summed E-state index contributed by atoms with van der Waals surface area (Å²) in [6, 6.07) is 9.73. The van der Waals surface area contributed by atoms with Gasteiger partial charge in [-0.2, -0.15) is 0 Å². The minimum absolute atomic E-state index is 0.0614. The van der Waals surface area contributed by atoms with Gasteiger partial charge in [-0.15, -0.1) is 0 Å². The number of hydrogen-bond donors (Lipinski definition) is 1. The molecule has 5 heteroatoms. The van der Waals surface area contributed by atoms with Crippen LogP contribution in [0.4, 0.5) is 14.5 Å². The number of hydrogen-bond acceptors (Lipinski definition) is 2. The van der Waals surface area contributed by atoms with Crippen LogP contribution in [-0.2, 0) is 16.6 Å². The Balaban J connectivity index is 2.16. The van der Waals surface area contributed by atoms with Crippen LogP contribution in [0.25, 0.3) is 0 Å². The van der Waals surface area contributed by atoms with Crippen LogP contribution in [0.1, 0.15) is 5.56 Å². The van der Waals surface area contributed by atoms with Crippen LogP contribution in [0.2, 0.25) is 0 Å². The first-order valence-corrected chi connectivity index (χ1v) is 6.56. The Bertz CT molecular complexity index is 584. The van der Waals surface area contributed by atoms with E-state index in [-0.39, 0.29) is 17.3 Å². The summed E-state index contributed by atoms with van der Waals surface area (Å²) in [5.74, 6) is -0.735. The normalized spacial score (nSPS) is 12.3. The maximum Gasteiger partial charge on any atom is 0.146 e. The Morgan fingerprint density at radius 1 is 1.06 bits per heavy atom. The highest BCUT2D eigenvalue weighted by atomic mass is 32.2. The van der Waals surface area contributed by atoms with Crippen molar-refractivity contribution in [2.45, 2.75) is 10.6 Å². The van der Waals surface area contributed by atoms with Gasteiger partial charge >= 0.3 is 0 Å². The minimum Gasteiger partial charge on any atom is -0.396 e. The summed E-state index contributed by atoms with van der Waals surface area (Å²) in [4.78, 5) is 0.508. The van der Waals surface area contributed by atoms with Crippen LogP contribution < -0.4 is 5.73 Å². The first kappa shape index (κ1) is 12.7. The van der Waals surface area contributed by atoms with Crippen LogP contribution in [0.15, 0.2) is 47.4 Å². The second kappa shape index (κ2) is 5.27. The highest BCUT2D eigenvalue weighted by Crippen LogP contribution is 2.16. The molecule has 18 heavy (non-hydrogen) atoms. The average Bonchev–Trinajstić information content (AvgIpc) is 2.34. The predicted octanol–water partition coefficient (Wildman–Crippen LogP) is 2.85. The molecule has 2 rings (SSSR count). The predicted molar refractivity (Wildman–Crippen MR) is 67.3 cm³/mol. The van der Waals surface area contributed by atoms with Crippen LogP contribution in [0.3, 0.4) is 0 Å². The maximum atomic E-state index is 13.2. The number of halogens is 2. The summed E-state index contributed by atoms with van der Waals surface area (Å²) in [6.45, 7) is 0. The van der Waals surface area contributed by atoms with Gasteiger partial charge in [0.2, 0.25) is 0 Å².